The van der Waals surface area contributed by atoms with Crippen molar-refractivity contribution in [2.24, 2.45) is 0 Å². The summed E-state index contributed by atoms with van der Waals surface area (Å²) in [5, 5.41) is 0. The van der Waals surface area contributed by atoms with Crippen LogP contribution in [0.25, 0.3) is 0 Å². The van der Waals surface area contributed by atoms with Crippen molar-refractivity contribution in [1.82, 2.24) is 4.90 Å². The Morgan fingerprint density at radius 3 is 2.50 bits per heavy atom. The fraction of sp³-hybridized carbons (Fsp3) is 0.533. The number of nitrogens with zero attached hydrogens (tertiary/aromatic N) is 1. The Morgan fingerprint density at radius 2 is 1.95 bits per heavy atom. The van der Waals surface area contributed by atoms with Crippen LogP contribution in [-0.2, 0) is 0 Å². The Bertz CT molecular complexity index is 451. The number of aryl methyl sites for hydroxylation is 1. The Hall–Kier alpha value is -1.23. The smallest absolute Gasteiger partial charge is 0.401 e. The Kier molecular flexibility index (Phi) is 4.58. The number of ether oxygens (including phenoxy) is 1. The van der Waals surface area contributed by atoms with Gasteiger partial charge < -0.3 is 4.74 Å². The van der Waals surface area contributed by atoms with Crippen LogP contribution >= 0.6 is 0 Å². The third-order valence-electron chi connectivity index (χ3n) is 3.48. The highest BCUT2D eigenvalue weighted by atomic mass is 19.4. The minimum Gasteiger partial charge on any atom is -0.490 e. The molecule has 5 heteroatoms. The van der Waals surface area contributed by atoms with Gasteiger partial charge in [-0.15, -0.1) is 0 Å². The molecule has 2 nitrogen and oxygen atoms in total. The molecular formula is C15H18F3NO. The average Bonchev–Trinajstić information content (AvgIpc) is 2.35. The largest absolute Gasteiger partial charge is 0.490 e. The number of halogens is 3. The molecule has 0 unspecified atom stereocenters. The molecule has 1 aromatic carbocycles. The van der Waals surface area contributed by atoms with Gasteiger partial charge in [-0.25, -0.2) is 0 Å². The number of hydrogen-bond acceptors (Lipinski definition) is 2. The van der Waals surface area contributed by atoms with Crippen molar-refractivity contribution in [3.8, 4) is 5.75 Å². The van der Waals surface area contributed by atoms with Gasteiger partial charge in [-0.3, -0.25) is 4.90 Å². The van der Waals surface area contributed by atoms with Crippen LogP contribution in [-0.4, -0.2) is 36.8 Å². The molecule has 0 N–H and O–H groups in total. The van der Waals surface area contributed by atoms with Crippen molar-refractivity contribution in [3.63, 3.8) is 0 Å². The van der Waals surface area contributed by atoms with Crippen LogP contribution in [0.1, 0.15) is 24.0 Å². The van der Waals surface area contributed by atoms with Crippen molar-refractivity contribution >= 4 is 0 Å². The molecule has 0 aliphatic carbocycles. The molecule has 2 radical (unpaired) electrons. The van der Waals surface area contributed by atoms with Gasteiger partial charge in [0.2, 0.25) is 0 Å². The molecule has 110 valence electrons. The highest BCUT2D eigenvalue weighted by Crippen LogP contribution is 2.23. The molecule has 1 aliphatic rings. The lowest BCUT2D eigenvalue weighted by molar-refractivity contribution is -0.149. The highest BCUT2D eigenvalue weighted by molar-refractivity contribution is 5.36. The highest BCUT2D eigenvalue weighted by Gasteiger charge is 2.32. The van der Waals surface area contributed by atoms with E-state index in [1.165, 1.54) is 4.90 Å². The molecule has 1 heterocycles. The summed E-state index contributed by atoms with van der Waals surface area (Å²) in [4.78, 5) is 1.42. The molecule has 1 saturated heterocycles. The Morgan fingerprint density at radius 1 is 1.30 bits per heavy atom. The average molecular weight is 285 g/mol. The van der Waals surface area contributed by atoms with E-state index in [1.54, 1.807) is 12.1 Å². The molecule has 1 aliphatic heterocycles. The number of piperidine rings is 1. The lowest BCUT2D eigenvalue weighted by Crippen LogP contribution is -2.42. The second-order valence-corrected chi connectivity index (χ2v) is 5.23. The number of rotatable bonds is 3. The SMILES string of the molecule is [CH]c1ccc(OC2CCN(CC(F)(F)F)CC2)cc1C. The van der Waals surface area contributed by atoms with Gasteiger partial charge in [0.05, 0.1) is 6.54 Å². The van der Waals surface area contributed by atoms with E-state index < -0.39 is 12.7 Å². The summed E-state index contributed by atoms with van der Waals surface area (Å²) in [5.74, 6) is 0.728. The first-order valence-electron chi connectivity index (χ1n) is 6.65. The summed E-state index contributed by atoms with van der Waals surface area (Å²) in [5.41, 5.74) is 1.65. The van der Waals surface area contributed by atoms with Gasteiger partial charge >= 0.3 is 6.18 Å². The second-order valence-electron chi connectivity index (χ2n) is 5.23. The summed E-state index contributed by atoms with van der Waals surface area (Å²) >= 11 is 0. The van der Waals surface area contributed by atoms with Gasteiger partial charge in [-0.1, -0.05) is 6.07 Å². The molecule has 0 amide bonds. The predicted octanol–water partition coefficient (Wildman–Crippen LogP) is 3.46. The number of likely N-dealkylation sites (tertiary alicyclic amines) is 1. The lowest BCUT2D eigenvalue weighted by atomic mass is 10.1. The van der Waals surface area contributed by atoms with E-state index in [2.05, 4.69) is 0 Å². The first kappa shape index (κ1) is 15.2. The first-order valence-corrected chi connectivity index (χ1v) is 6.65. The van der Waals surface area contributed by atoms with Gasteiger partial charge in [0, 0.05) is 13.1 Å². The van der Waals surface area contributed by atoms with E-state index >= 15 is 0 Å². The standard InChI is InChI=1S/C15H18F3NO/c1-11-3-4-14(9-12(11)2)20-13-5-7-19(8-6-13)10-15(16,17)18/h1,3-4,9,13H,5-8,10H2,2H3. The minimum absolute atomic E-state index is 0.0255. The molecule has 0 aromatic heterocycles. The maximum Gasteiger partial charge on any atom is 0.401 e. The lowest BCUT2D eigenvalue weighted by Gasteiger charge is -2.32. The van der Waals surface area contributed by atoms with Gasteiger partial charge in [0.15, 0.2) is 0 Å². The zero-order chi connectivity index (χ0) is 14.8. The van der Waals surface area contributed by atoms with Crippen molar-refractivity contribution in [2.75, 3.05) is 19.6 Å². The Balaban J connectivity index is 1.83. The molecular weight excluding hydrogens is 267 g/mol. The topological polar surface area (TPSA) is 12.5 Å². The van der Waals surface area contributed by atoms with E-state index in [9.17, 15) is 13.2 Å². The summed E-state index contributed by atoms with van der Waals surface area (Å²) < 4.78 is 42.7. The second kappa shape index (κ2) is 6.04. The normalized spacial score (nSPS) is 18.2. The van der Waals surface area contributed by atoms with E-state index in [0.29, 0.717) is 31.5 Å². The molecule has 0 saturated carbocycles. The van der Waals surface area contributed by atoms with E-state index in [-0.39, 0.29) is 6.10 Å². The molecule has 0 spiro atoms. The van der Waals surface area contributed by atoms with Crippen molar-refractivity contribution in [2.45, 2.75) is 32.0 Å². The number of alkyl halides is 3. The van der Waals surface area contributed by atoms with E-state index in [4.69, 9.17) is 11.7 Å². The number of benzene rings is 1. The fourth-order valence-electron chi connectivity index (χ4n) is 2.35. The maximum atomic E-state index is 12.3. The van der Waals surface area contributed by atoms with E-state index in [0.717, 1.165) is 11.3 Å². The van der Waals surface area contributed by atoms with Gasteiger partial charge in [-0.2, -0.15) is 13.2 Å². The third-order valence-corrected chi connectivity index (χ3v) is 3.48. The molecule has 2 rings (SSSR count). The van der Waals surface area contributed by atoms with Crippen molar-refractivity contribution < 1.29 is 17.9 Å². The monoisotopic (exact) mass is 285 g/mol. The van der Waals surface area contributed by atoms with Crippen LogP contribution in [0.4, 0.5) is 13.2 Å². The van der Waals surface area contributed by atoms with Gasteiger partial charge in [0.25, 0.3) is 0 Å². The molecule has 0 bridgehead atoms. The van der Waals surface area contributed by atoms with Crippen LogP contribution in [0, 0.1) is 13.8 Å². The quantitative estimate of drug-likeness (QED) is 0.843. The van der Waals surface area contributed by atoms with Crippen LogP contribution in [0.3, 0.4) is 0 Å². The number of hydrogen-bond donors (Lipinski definition) is 0. The van der Waals surface area contributed by atoms with Crippen LogP contribution in [0.15, 0.2) is 18.2 Å². The molecule has 0 atom stereocenters. The molecule has 1 aromatic rings. The van der Waals surface area contributed by atoms with Crippen molar-refractivity contribution in [3.05, 3.63) is 36.2 Å². The van der Waals surface area contributed by atoms with Crippen molar-refractivity contribution in [1.29, 1.82) is 0 Å². The Labute approximate surface area is 117 Å². The minimum atomic E-state index is -4.12. The van der Waals surface area contributed by atoms with Crippen LogP contribution < -0.4 is 4.74 Å². The summed E-state index contributed by atoms with van der Waals surface area (Å²) in [6, 6.07) is 5.44. The maximum absolute atomic E-state index is 12.3. The summed E-state index contributed by atoms with van der Waals surface area (Å²) in [6.07, 6.45) is -2.93. The molecule has 1 fully saturated rings. The van der Waals surface area contributed by atoms with Gasteiger partial charge in [0.1, 0.15) is 11.9 Å². The van der Waals surface area contributed by atoms with Gasteiger partial charge in [-0.05, 0) is 49.9 Å². The van der Waals surface area contributed by atoms with E-state index in [1.807, 2.05) is 13.0 Å². The summed E-state index contributed by atoms with van der Waals surface area (Å²) in [7, 11) is 0. The molecule has 20 heavy (non-hydrogen) atoms. The third kappa shape index (κ3) is 4.40. The zero-order valence-electron chi connectivity index (χ0n) is 11.4. The van der Waals surface area contributed by atoms with Crippen LogP contribution in [0.2, 0.25) is 0 Å². The summed E-state index contributed by atoms with van der Waals surface area (Å²) in [6.45, 7) is 7.62. The van der Waals surface area contributed by atoms with Crippen LogP contribution in [0.5, 0.6) is 5.75 Å². The zero-order valence-corrected chi connectivity index (χ0v) is 11.4. The fourth-order valence-corrected chi connectivity index (χ4v) is 2.35. The predicted molar refractivity (Wildman–Crippen MR) is 70.7 cm³/mol. The first-order chi connectivity index (χ1) is 9.33.